The van der Waals surface area contributed by atoms with Gasteiger partial charge in [-0.15, -0.1) is 0 Å². The molecule has 0 amide bonds. The van der Waals surface area contributed by atoms with Crippen LogP contribution in [0.3, 0.4) is 0 Å². The maximum Gasteiger partial charge on any atom is 0.276 e. The van der Waals surface area contributed by atoms with Crippen LogP contribution < -0.4 is 10.6 Å². The smallest absolute Gasteiger partial charge is 0.276 e. The monoisotopic (exact) mass is 252 g/mol. The Balaban J connectivity index is 2.13. The van der Waals surface area contributed by atoms with Gasteiger partial charge in [-0.2, -0.15) is 0 Å². The second kappa shape index (κ2) is 5.18. The van der Waals surface area contributed by atoms with E-state index in [-0.39, 0.29) is 17.6 Å². The third-order valence-corrected chi connectivity index (χ3v) is 2.92. The first-order chi connectivity index (χ1) is 8.56. The SMILES string of the molecule is CN(CC1CCCO1)c1cc([N+](=O)[O-])cc(N)n1. The van der Waals surface area contributed by atoms with Crippen LogP contribution in [0, 0.1) is 10.1 Å². The normalized spacial score (nSPS) is 18.8. The van der Waals surface area contributed by atoms with E-state index in [0.717, 1.165) is 19.4 Å². The molecule has 1 unspecified atom stereocenters. The highest BCUT2D eigenvalue weighted by Gasteiger charge is 2.19. The van der Waals surface area contributed by atoms with E-state index >= 15 is 0 Å². The minimum Gasteiger partial charge on any atom is -0.383 e. The lowest BCUT2D eigenvalue weighted by atomic mass is 10.2. The molecule has 0 saturated carbocycles. The molecule has 2 heterocycles. The molecule has 1 fully saturated rings. The van der Waals surface area contributed by atoms with E-state index in [1.54, 1.807) is 0 Å². The molecule has 0 radical (unpaired) electrons. The molecule has 1 aliphatic heterocycles. The molecular formula is C11H16N4O3. The molecule has 2 N–H and O–H groups in total. The van der Waals surface area contributed by atoms with Gasteiger partial charge in [-0.1, -0.05) is 0 Å². The van der Waals surface area contributed by atoms with E-state index in [2.05, 4.69) is 4.98 Å². The Hall–Kier alpha value is -1.89. The van der Waals surface area contributed by atoms with E-state index in [1.165, 1.54) is 12.1 Å². The summed E-state index contributed by atoms with van der Waals surface area (Å²) in [6.45, 7) is 1.44. The molecule has 18 heavy (non-hydrogen) atoms. The Morgan fingerprint density at radius 2 is 2.44 bits per heavy atom. The number of nitro groups is 1. The predicted molar refractivity (Wildman–Crippen MR) is 67.5 cm³/mol. The summed E-state index contributed by atoms with van der Waals surface area (Å²) >= 11 is 0. The standard InChI is InChI=1S/C11H16N4O3/c1-14(7-9-3-2-4-18-9)11-6-8(15(16)17)5-10(12)13-11/h5-6,9H,2-4,7H2,1H3,(H2,12,13). The lowest BCUT2D eigenvalue weighted by Gasteiger charge is -2.21. The van der Waals surface area contributed by atoms with Crippen LogP contribution in [0.5, 0.6) is 0 Å². The Bertz CT molecular complexity index is 446. The zero-order valence-corrected chi connectivity index (χ0v) is 10.2. The number of nitrogens with two attached hydrogens (primary N) is 1. The molecule has 7 nitrogen and oxygen atoms in total. The zero-order chi connectivity index (χ0) is 13.1. The second-order valence-corrected chi connectivity index (χ2v) is 4.38. The third kappa shape index (κ3) is 2.86. The molecule has 0 aliphatic carbocycles. The number of pyridine rings is 1. The Kier molecular flexibility index (Phi) is 3.61. The third-order valence-electron chi connectivity index (χ3n) is 2.92. The highest BCUT2D eigenvalue weighted by Crippen LogP contribution is 2.22. The molecule has 1 saturated heterocycles. The van der Waals surface area contributed by atoms with Crippen LogP contribution in [0.4, 0.5) is 17.3 Å². The van der Waals surface area contributed by atoms with Crippen molar-refractivity contribution in [2.75, 3.05) is 30.8 Å². The van der Waals surface area contributed by atoms with Gasteiger partial charge in [0.15, 0.2) is 0 Å². The second-order valence-electron chi connectivity index (χ2n) is 4.38. The summed E-state index contributed by atoms with van der Waals surface area (Å²) in [5.74, 6) is 0.649. The molecule has 0 spiro atoms. The molecule has 98 valence electrons. The highest BCUT2D eigenvalue weighted by molar-refractivity contribution is 5.53. The van der Waals surface area contributed by atoms with Crippen LogP contribution in [0.15, 0.2) is 12.1 Å². The van der Waals surface area contributed by atoms with Crippen LogP contribution in [0.1, 0.15) is 12.8 Å². The Morgan fingerprint density at radius 3 is 3.06 bits per heavy atom. The predicted octanol–water partition coefficient (Wildman–Crippen LogP) is 1.19. The van der Waals surface area contributed by atoms with Gasteiger partial charge in [0.25, 0.3) is 5.69 Å². The number of ether oxygens (including phenoxy) is 1. The van der Waals surface area contributed by atoms with Crippen molar-refractivity contribution in [3.05, 3.63) is 22.2 Å². The molecule has 1 aromatic rings. The molecule has 0 aromatic carbocycles. The van der Waals surface area contributed by atoms with Gasteiger partial charge in [-0.05, 0) is 12.8 Å². The highest BCUT2D eigenvalue weighted by atomic mass is 16.6. The first-order valence-corrected chi connectivity index (χ1v) is 5.81. The molecule has 1 aliphatic rings. The topological polar surface area (TPSA) is 94.5 Å². The summed E-state index contributed by atoms with van der Waals surface area (Å²) in [6.07, 6.45) is 2.23. The molecule has 1 atom stereocenters. The van der Waals surface area contributed by atoms with E-state index in [1.807, 2.05) is 11.9 Å². The number of rotatable bonds is 4. The zero-order valence-electron chi connectivity index (χ0n) is 10.2. The average molecular weight is 252 g/mol. The van der Waals surface area contributed by atoms with Gasteiger partial charge in [-0.3, -0.25) is 10.1 Å². The lowest BCUT2D eigenvalue weighted by molar-refractivity contribution is -0.384. The van der Waals surface area contributed by atoms with Crippen LogP contribution in [0.2, 0.25) is 0 Å². The number of likely N-dealkylation sites (N-methyl/N-ethyl adjacent to an activating group) is 1. The minimum atomic E-state index is -0.471. The van der Waals surface area contributed by atoms with Crippen molar-refractivity contribution in [3.8, 4) is 0 Å². The summed E-state index contributed by atoms with van der Waals surface area (Å²) < 4.78 is 5.52. The van der Waals surface area contributed by atoms with Crippen LogP contribution in [-0.4, -0.2) is 36.2 Å². The van der Waals surface area contributed by atoms with Crippen molar-refractivity contribution in [1.29, 1.82) is 0 Å². The summed E-state index contributed by atoms with van der Waals surface area (Å²) in [5.41, 5.74) is 5.52. The fourth-order valence-electron chi connectivity index (χ4n) is 2.01. The molecular weight excluding hydrogens is 236 g/mol. The van der Waals surface area contributed by atoms with E-state index in [4.69, 9.17) is 10.5 Å². The molecule has 2 rings (SSSR count). The number of nitrogens with zero attached hydrogens (tertiary/aromatic N) is 3. The average Bonchev–Trinajstić information content (AvgIpc) is 2.80. The molecule has 7 heteroatoms. The fraction of sp³-hybridized carbons (Fsp3) is 0.545. The first kappa shape index (κ1) is 12.6. The summed E-state index contributed by atoms with van der Waals surface area (Å²) in [5, 5.41) is 10.8. The first-order valence-electron chi connectivity index (χ1n) is 5.81. The number of hydrogen-bond donors (Lipinski definition) is 1. The Labute approximate surface area is 105 Å². The van der Waals surface area contributed by atoms with Crippen molar-refractivity contribution < 1.29 is 9.66 Å². The summed E-state index contributed by atoms with van der Waals surface area (Å²) in [6, 6.07) is 2.68. The van der Waals surface area contributed by atoms with E-state index < -0.39 is 4.92 Å². The van der Waals surface area contributed by atoms with Crippen molar-refractivity contribution in [2.24, 2.45) is 0 Å². The Morgan fingerprint density at radius 1 is 1.67 bits per heavy atom. The maximum atomic E-state index is 10.8. The van der Waals surface area contributed by atoms with Gasteiger partial charge in [0.05, 0.1) is 23.2 Å². The van der Waals surface area contributed by atoms with E-state index in [9.17, 15) is 10.1 Å². The van der Waals surface area contributed by atoms with Gasteiger partial charge in [-0.25, -0.2) is 4.98 Å². The van der Waals surface area contributed by atoms with Crippen molar-refractivity contribution in [3.63, 3.8) is 0 Å². The fourth-order valence-corrected chi connectivity index (χ4v) is 2.01. The van der Waals surface area contributed by atoms with Gasteiger partial charge in [0.1, 0.15) is 11.6 Å². The number of aromatic nitrogens is 1. The van der Waals surface area contributed by atoms with Crippen LogP contribution >= 0.6 is 0 Å². The summed E-state index contributed by atoms with van der Waals surface area (Å²) in [7, 11) is 1.83. The number of nitrogen functional groups attached to an aromatic ring is 1. The van der Waals surface area contributed by atoms with Crippen LogP contribution in [0.25, 0.3) is 0 Å². The minimum absolute atomic E-state index is 0.0447. The van der Waals surface area contributed by atoms with Crippen molar-refractivity contribution >= 4 is 17.3 Å². The van der Waals surface area contributed by atoms with Gasteiger partial charge in [0.2, 0.25) is 0 Å². The van der Waals surface area contributed by atoms with Gasteiger partial charge in [0, 0.05) is 20.2 Å². The van der Waals surface area contributed by atoms with Crippen molar-refractivity contribution in [2.45, 2.75) is 18.9 Å². The quantitative estimate of drug-likeness (QED) is 0.638. The largest absolute Gasteiger partial charge is 0.383 e. The summed E-state index contributed by atoms with van der Waals surface area (Å²) in [4.78, 5) is 16.2. The number of anilines is 2. The maximum absolute atomic E-state index is 10.8. The molecule has 0 bridgehead atoms. The van der Waals surface area contributed by atoms with Gasteiger partial charge >= 0.3 is 0 Å². The van der Waals surface area contributed by atoms with Gasteiger partial charge < -0.3 is 15.4 Å². The van der Waals surface area contributed by atoms with Crippen LogP contribution in [-0.2, 0) is 4.74 Å². The van der Waals surface area contributed by atoms with Crippen molar-refractivity contribution in [1.82, 2.24) is 4.98 Å². The molecule has 1 aromatic heterocycles. The van der Waals surface area contributed by atoms with E-state index in [0.29, 0.717) is 12.4 Å². The number of hydrogen-bond acceptors (Lipinski definition) is 6. The lowest BCUT2D eigenvalue weighted by Crippen LogP contribution is -2.29.